The van der Waals surface area contributed by atoms with Gasteiger partial charge in [0.15, 0.2) is 5.75 Å². The third kappa shape index (κ3) is 6.75. The highest BCUT2D eigenvalue weighted by Crippen LogP contribution is 2.32. The maximum atomic E-state index is 12.1. The largest absolute Gasteiger partial charge is 0.490 e. The summed E-state index contributed by atoms with van der Waals surface area (Å²) < 4.78 is 5.49. The first kappa shape index (κ1) is 20.4. The quantitative estimate of drug-likeness (QED) is 0.593. The zero-order valence-electron chi connectivity index (χ0n) is 15.3. The molecule has 0 atom stereocenters. The number of carbonyl (C=O) groups is 2. The van der Waals surface area contributed by atoms with Crippen LogP contribution in [0.3, 0.4) is 0 Å². The minimum atomic E-state index is -0.147. The second kappa shape index (κ2) is 10.9. The van der Waals surface area contributed by atoms with E-state index in [9.17, 15) is 9.59 Å². The van der Waals surface area contributed by atoms with Crippen LogP contribution in [0.15, 0.2) is 18.2 Å². The van der Waals surface area contributed by atoms with E-state index in [1.165, 1.54) is 19.3 Å². The Morgan fingerprint density at radius 2 is 2.00 bits per heavy atom. The fraction of sp³-hybridized carbons (Fsp3) is 0.579. The summed E-state index contributed by atoms with van der Waals surface area (Å²) in [6.07, 6.45) is 6.59. The van der Waals surface area contributed by atoms with Crippen LogP contribution >= 0.6 is 11.6 Å². The molecular weight excluding hydrogens is 354 g/mol. The van der Waals surface area contributed by atoms with Gasteiger partial charge in [0.05, 0.1) is 17.3 Å². The number of carbonyl (C=O) groups excluding carboxylic acids is 2. The average Bonchev–Trinajstić information content (AvgIpc) is 2.62. The van der Waals surface area contributed by atoms with Crippen molar-refractivity contribution in [3.63, 3.8) is 0 Å². The number of para-hydroxylation sites is 1. The highest BCUT2D eigenvalue weighted by molar-refractivity contribution is 6.32. The molecule has 1 aliphatic rings. The van der Waals surface area contributed by atoms with E-state index in [1.54, 1.807) is 18.2 Å². The van der Waals surface area contributed by atoms with E-state index < -0.39 is 0 Å². The lowest BCUT2D eigenvalue weighted by atomic mass is 9.96. The van der Waals surface area contributed by atoms with E-state index in [1.807, 2.05) is 6.92 Å². The maximum Gasteiger partial charge on any atom is 0.315 e. The minimum absolute atomic E-state index is 0.136. The van der Waals surface area contributed by atoms with E-state index in [2.05, 4.69) is 16.0 Å². The summed E-state index contributed by atoms with van der Waals surface area (Å²) in [4.78, 5) is 24.0. The third-order valence-electron chi connectivity index (χ3n) is 4.34. The normalized spacial score (nSPS) is 14.5. The van der Waals surface area contributed by atoms with Gasteiger partial charge < -0.3 is 20.7 Å². The minimum Gasteiger partial charge on any atom is -0.490 e. The molecule has 0 aromatic heterocycles. The molecule has 1 aliphatic carbocycles. The highest BCUT2D eigenvalue weighted by Gasteiger charge is 2.15. The molecule has 0 saturated heterocycles. The van der Waals surface area contributed by atoms with Crippen molar-refractivity contribution in [2.45, 2.75) is 57.9 Å². The van der Waals surface area contributed by atoms with Crippen molar-refractivity contribution in [2.75, 3.05) is 18.5 Å². The van der Waals surface area contributed by atoms with Crippen molar-refractivity contribution in [2.24, 2.45) is 0 Å². The number of hydrogen-bond donors (Lipinski definition) is 3. The van der Waals surface area contributed by atoms with Crippen molar-refractivity contribution in [3.8, 4) is 5.75 Å². The van der Waals surface area contributed by atoms with E-state index in [0.717, 1.165) is 12.8 Å². The van der Waals surface area contributed by atoms with Crippen molar-refractivity contribution in [1.82, 2.24) is 10.6 Å². The van der Waals surface area contributed by atoms with Crippen LogP contribution in [0.5, 0.6) is 5.75 Å². The Morgan fingerprint density at radius 1 is 1.23 bits per heavy atom. The van der Waals surface area contributed by atoms with Crippen molar-refractivity contribution in [1.29, 1.82) is 0 Å². The fourth-order valence-electron chi connectivity index (χ4n) is 3.05. The standard InChI is InChI=1S/C19H28ClN3O3/c1-2-26-18-15(20)10-6-11-16(18)23-17(24)12-7-13-21-19(25)22-14-8-4-3-5-9-14/h6,10-11,14H,2-5,7-9,12-13H2,1H3,(H,23,24)(H2,21,22,25). The first-order chi connectivity index (χ1) is 12.6. The first-order valence-corrected chi connectivity index (χ1v) is 9.73. The van der Waals surface area contributed by atoms with E-state index in [0.29, 0.717) is 42.5 Å². The molecule has 0 unspecified atom stereocenters. The Kier molecular flexibility index (Phi) is 8.54. The molecule has 0 spiro atoms. The number of hydrogen-bond acceptors (Lipinski definition) is 3. The molecule has 3 amide bonds. The average molecular weight is 382 g/mol. The lowest BCUT2D eigenvalue weighted by Crippen LogP contribution is -2.43. The first-order valence-electron chi connectivity index (χ1n) is 9.35. The number of urea groups is 1. The zero-order valence-corrected chi connectivity index (χ0v) is 16.0. The fourth-order valence-corrected chi connectivity index (χ4v) is 3.27. The summed E-state index contributed by atoms with van der Waals surface area (Å²) in [5.41, 5.74) is 0.562. The zero-order chi connectivity index (χ0) is 18.8. The second-order valence-electron chi connectivity index (χ2n) is 6.44. The molecule has 1 aromatic rings. The van der Waals surface area contributed by atoms with Gasteiger partial charge >= 0.3 is 6.03 Å². The molecule has 0 heterocycles. The van der Waals surface area contributed by atoms with E-state index >= 15 is 0 Å². The van der Waals surface area contributed by atoms with Crippen LogP contribution in [-0.2, 0) is 4.79 Å². The summed E-state index contributed by atoms with van der Waals surface area (Å²) in [7, 11) is 0. The molecule has 2 rings (SSSR count). The molecule has 1 saturated carbocycles. The van der Waals surface area contributed by atoms with Crippen LogP contribution in [0.4, 0.5) is 10.5 Å². The third-order valence-corrected chi connectivity index (χ3v) is 4.63. The number of amides is 3. The Morgan fingerprint density at radius 3 is 2.73 bits per heavy atom. The number of anilines is 1. The van der Waals surface area contributed by atoms with Crippen LogP contribution in [0.2, 0.25) is 5.02 Å². The monoisotopic (exact) mass is 381 g/mol. The Bertz CT molecular complexity index is 604. The summed E-state index contributed by atoms with van der Waals surface area (Å²) in [6.45, 7) is 2.78. The number of benzene rings is 1. The van der Waals surface area contributed by atoms with Crippen LogP contribution in [0.25, 0.3) is 0 Å². The van der Waals surface area contributed by atoms with Crippen LogP contribution in [0.1, 0.15) is 51.9 Å². The van der Waals surface area contributed by atoms with Gasteiger partial charge in [-0.25, -0.2) is 4.79 Å². The van der Waals surface area contributed by atoms with Gasteiger partial charge in [0.25, 0.3) is 0 Å². The van der Waals surface area contributed by atoms with Crippen LogP contribution < -0.4 is 20.7 Å². The predicted octanol–water partition coefficient (Wildman–Crippen LogP) is 4.09. The Hall–Kier alpha value is -1.95. The lowest BCUT2D eigenvalue weighted by molar-refractivity contribution is -0.116. The number of rotatable bonds is 8. The maximum absolute atomic E-state index is 12.1. The van der Waals surface area contributed by atoms with Crippen LogP contribution in [-0.4, -0.2) is 31.1 Å². The Labute approximate surface area is 160 Å². The molecule has 6 nitrogen and oxygen atoms in total. The molecule has 1 fully saturated rings. The molecule has 1 aromatic carbocycles. The van der Waals surface area contributed by atoms with Gasteiger partial charge in [0, 0.05) is 19.0 Å². The number of ether oxygens (including phenoxy) is 1. The van der Waals surface area contributed by atoms with Crippen molar-refractivity contribution < 1.29 is 14.3 Å². The highest BCUT2D eigenvalue weighted by atomic mass is 35.5. The molecule has 0 bridgehead atoms. The van der Waals surface area contributed by atoms with E-state index in [4.69, 9.17) is 16.3 Å². The molecule has 144 valence electrons. The SMILES string of the molecule is CCOc1c(Cl)cccc1NC(=O)CCCNC(=O)NC1CCCCC1. The van der Waals surface area contributed by atoms with Gasteiger partial charge in [-0.3, -0.25) is 4.79 Å². The lowest BCUT2D eigenvalue weighted by Gasteiger charge is -2.22. The summed E-state index contributed by atoms with van der Waals surface area (Å²) in [6, 6.07) is 5.37. The Balaban J connectivity index is 1.67. The van der Waals surface area contributed by atoms with Gasteiger partial charge in [-0.1, -0.05) is 36.9 Å². The predicted molar refractivity (Wildman–Crippen MR) is 104 cm³/mol. The molecular formula is C19H28ClN3O3. The van der Waals surface area contributed by atoms with Gasteiger partial charge in [0.1, 0.15) is 0 Å². The van der Waals surface area contributed by atoms with Crippen molar-refractivity contribution >= 4 is 29.2 Å². The summed E-state index contributed by atoms with van der Waals surface area (Å²) >= 11 is 6.10. The molecule has 26 heavy (non-hydrogen) atoms. The number of halogens is 1. The van der Waals surface area contributed by atoms with E-state index in [-0.39, 0.29) is 18.0 Å². The van der Waals surface area contributed by atoms with Gasteiger partial charge in [-0.2, -0.15) is 0 Å². The van der Waals surface area contributed by atoms with Crippen LogP contribution in [0, 0.1) is 0 Å². The molecule has 3 N–H and O–H groups in total. The molecule has 7 heteroatoms. The molecule has 0 radical (unpaired) electrons. The topological polar surface area (TPSA) is 79.5 Å². The van der Waals surface area contributed by atoms with Gasteiger partial charge in [-0.15, -0.1) is 0 Å². The van der Waals surface area contributed by atoms with Crippen molar-refractivity contribution in [3.05, 3.63) is 23.2 Å². The second-order valence-corrected chi connectivity index (χ2v) is 6.84. The summed E-state index contributed by atoms with van der Waals surface area (Å²) in [5, 5.41) is 9.08. The summed E-state index contributed by atoms with van der Waals surface area (Å²) in [5.74, 6) is 0.345. The number of nitrogens with one attached hydrogen (secondary N) is 3. The molecule has 0 aliphatic heterocycles. The smallest absolute Gasteiger partial charge is 0.315 e. The van der Waals surface area contributed by atoms with Gasteiger partial charge in [-0.05, 0) is 38.3 Å². The van der Waals surface area contributed by atoms with Gasteiger partial charge in [0.2, 0.25) is 5.91 Å².